The zero-order valence-corrected chi connectivity index (χ0v) is 18.1. The summed E-state index contributed by atoms with van der Waals surface area (Å²) in [6, 6.07) is 8.56. The lowest BCUT2D eigenvalue weighted by molar-refractivity contribution is -0.388. The van der Waals surface area contributed by atoms with E-state index < -0.39 is 76.3 Å². The molecule has 33 heavy (non-hydrogen) atoms. The summed E-state index contributed by atoms with van der Waals surface area (Å²) in [6.45, 7) is -0.646. The van der Waals surface area contributed by atoms with Crippen molar-refractivity contribution in [3.05, 3.63) is 68.8 Å². The van der Waals surface area contributed by atoms with Crippen LogP contribution in [-0.4, -0.2) is 50.5 Å². The van der Waals surface area contributed by atoms with Gasteiger partial charge in [-0.05, 0) is 25.0 Å². The molecular formula is C17H16N2O12S2. The number of nitrogens with zero attached hydrogens (tertiary/aromatic N) is 2. The third-order valence-corrected chi connectivity index (χ3v) is 6.76. The Morgan fingerprint density at radius 3 is 1.79 bits per heavy atom. The van der Waals surface area contributed by atoms with Gasteiger partial charge in [-0.2, -0.15) is 16.8 Å². The lowest BCUT2D eigenvalue weighted by Gasteiger charge is -2.14. The van der Waals surface area contributed by atoms with Crippen LogP contribution in [-0.2, 0) is 33.4 Å². The molecule has 0 saturated carbocycles. The highest BCUT2D eigenvalue weighted by molar-refractivity contribution is 7.87. The number of carboxylic acids is 1. The van der Waals surface area contributed by atoms with Crippen LogP contribution in [0.4, 0.5) is 11.4 Å². The molecule has 0 radical (unpaired) electrons. The van der Waals surface area contributed by atoms with Gasteiger partial charge in [0.25, 0.3) is 11.4 Å². The normalized spacial score (nSPS) is 12.7. The van der Waals surface area contributed by atoms with E-state index in [1.807, 2.05) is 0 Å². The van der Waals surface area contributed by atoms with E-state index in [0.29, 0.717) is 0 Å². The number of rotatable bonds is 12. The smallest absolute Gasteiger partial charge is 0.334 e. The van der Waals surface area contributed by atoms with Crippen molar-refractivity contribution in [3.63, 3.8) is 0 Å². The van der Waals surface area contributed by atoms with Gasteiger partial charge in [0.2, 0.25) is 0 Å². The van der Waals surface area contributed by atoms with E-state index in [9.17, 15) is 47.0 Å². The number of hydrogen-bond acceptors (Lipinski definition) is 11. The summed E-state index contributed by atoms with van der Waals surface area (Å²) in [5.41, 5.74) is -1.54. The molecule has 0 aliphatic rings. The van der Waals surface area contributed by atoms with E-state index in [-0.39, 0.29) is 6.42 Å². The highest BCUT2D eigenvalue weighted by atomic mass is 32.2. The molecular weight excluding hydrogens is 488 g/mol. The topological polar surface area (TPSA) is 210 Å². The van der Waals surface area contributed by atoms with Crippen LogP contribution in [0.15, 0.2) is 58.3 Å². The van der Waals surface area contributed by atoms with Gasteiger partial charge in [-0.3, -0.25) is 28.6 Å². The molecule has 178 valence electrons. The fourth-order valence-corrected chi connectivity index (χ4v) is 4.90. The Labute approximate surface area is 186 Å². The maximum Gasteiger partial charge on any atom is 0.334 e. The number of carbonyl (C=O) groups is 1. The molecule has 1 N–H and O–H groups in total. The van der Waals surface area contributed by atoms with E-state index in [4.69, 9.17) is 0 Å². The summed E-state index contributed by atoms with van der Waals surface area (Å²) in [4.78, 5) is 30.0. The van der Waals surface area contributed by atoms with Crippen LogP contribution in [0.5, 0.6) is 0 Å². The molecule has 1 atom stereocenters. The highest BCUT2D eigenvalue weighted by Gasteiger charge is 2.32. The fourth-order valence-electron chi connectivity index (χ4n) is 2.56. The van der Waals surface area contributed by atoms with Crippen molar-refractivity contribution in [1.82, 2.24) is 0 Å². The summed E-state index contributed by atoms with van der Waals surface area (Å²) in [6.07, 6.45) is -2.91. The maximum absolute atomic E-state index is 12.4. The van der Waals surface area contributed by atoms with Crippen LogP contribution >= 0.6 is 0 Å². The summed E-state index contributed by atoms with van der Waals surface area (Å²) in [7, 11) is -9.43. The number of nitro benzene ring substituents is 2. The Bertz CT molecular complexity index is 1270. The van der Waals surface area contributed by atoms with Crippen LogP contribution in [0.3, 0.4) is 0 Å². The number of carboxylic acid groups (broad SMARTS) is 1. The molecule has 2 rings (SSSR count). The molecule has 0 fully saturated rings. The molecule has 0 saturated heterocycles. The maximum atomic E-state index is 12.4. The molecule has 0 aromatic heterocycles. The molecule has 2 aromatic rings. The van der Waals surface area contributed by atoms with Gasteiger partial charge in [0.1, 0.15) is 0 Å². The SMILES string of the molecule is O=C(O)C(CCCOS(=O)(=O)c1ccccc1[N+](=O)[O-])OS(=O)(=O)c1ccccc1[N+](=O)[O-]. The predicted molar refractivity (Wildman–Crippen MR) is 108 cm³/mol. The Kier molecular flexibility index (Phi) is 8.15. The first-order valence-electron chi connectivity index (χ1n) is 8.89. The second-order valence-electron chi connectivity index (χ2n) is 6.25. The van der Waals surface area contributed by atoms with E-state index in [1.165, 1.54) is 24.3 Å². The van der Waals surface area contributed by atoms with E-state index in [2.05, 4.69) is 8.37 Å². The summed E-state index contributed by atoms with van der Waals surface area (Å²) in [5.74, 6) is -1.72. The highest BCUT2D eigenvalue weighted by Crippen LogP contribution is 2.27. The monoisotopic (exact) mass is 504 g/mol. The van der Waals surface area contributed by atoms with Crippen LogP contribution in [0.2, 0.25) is 0 Å². The number of benzene rings is 2. The summed E-state index contributed by atoms with van der Waals surface area (Å²) < 4.78 is 58.5. The first-order valence-corrected chi connectivity index (χ1v) is 11.7. The summed E-state index contributed by atoms with van der Waals surface area (Å²) >= 11 is 0. The van der Waals surface area contributed by atoms with Gasteiger partial charge in [-0.15, -0.1) is 0 Å². The van der Waals surface area contributed by atoms with Crippen molar-refractivity contribution in [1.29, 1.82) is 0 Å². The van der Waals surface area contributed by atoms with Gasteiger partial charge in [-0.25, -0.2) is 4.79 Å². The van der Waals surface area contributed by atoms with Gasteiger partial charge < -0.3 is 5.11 Å². The van der Waals surface area contributed by atoms with Crippen LogP contribution in [0, 0.1) is 20.2 Å². The van der Waals surface area contributed by atoms with Crippen molar-refractivity contribution in [2.24, 2.45) is 0 Å². The minimum absolute atomic E-state index is 0.344. The predicted octanol–water partition coefficient (Wildman–Crippen LogP) is 1.85. The van der Waals surface area contributed by atoms with Crippen molar-refractivity contribution in [2.75, 3.05) is 6.61 Å². The fraction of sp³-hybridized carbons (Fsp3) is 0.235. The first kappa shape index (κ1) is 25.8. The number of hydrogen-bond donors (Lipinski definition) is 1. The molecule has 1 unspecified atom stereocenters. The molecule has 0 heterocycles. The zero-order chi connectivity index (χ0) is 24.8. The van der Waals surface area contributed by atoms with Crippen molar-refractivity contribution in [3.8, 4) is 0 Å². The standard InChI is InChI=1S/C17H16N2O12S2/c20-17(21)14(31-33(28,29)16-10-4-2-7-13(16)19(24)25)8-5-11-30-32(26,27)15-9-3-1-6-12(15)18(22)23/h1-4,6-7,9-10,14H,5,8,11H2,(H,20,21). The molecule has 0 aliphatic heterocycles. The Balaban J connectivity index is 2.08. The van der Waals surface area contributed by atoms with E-state index in [1.54, 1.807) is 0 Å². The molecule has 14 nitrogen and oxygen atoms in total. The zero-order valence-electron chi connectivity index (χ0n) is 16.5. The van der Waals surface area contributed by atoms with Crippen LogP contribution in [0.1, 0.15) is 12.8 Å². The lowest BCUT2D eigenvalue weighted by atomic mass is 10.2. The molecule has 0 amide bonds. The van der Waals surface area contributed by atoms with Crippen molar-refractivity contribution < 1.29 is 44.9 Å². The average Bonchev–Trinajstić information content (AvgIpc) is 2.75. The Hall–Kier alpha value is -3.47. The number of aliphatic carboxylic acids is 1. The Morgan fingerprint density at radius 2 is 1.33 bits per heavy atom. The lowest BCUT2D eigenvalue weighted by Crippen LogP contribution is -2.28. The minimum atomic E-state index is -4.86. The van der Waals surface area contributed by atoms with Crippen LogP contribution in [0.25, 0.3) is 0 Å². The van der Waals surface area contributed by atoms with Gasteiger partial charge in [0.15, 0.2) is 15.9 Å². The van der Waals surface area contributed by atoms with Crippen molar-refractivity contribution in [2.45, 2.75) is 28.7 Å². The molecule has 0 aliphatic carbocycles. The van der Waals surface area contributed by atoms with Crippen LogP contribution < -0.4 is 0 Å². The summed E-state index contributed by atoms with van der Waals surface area (Å²) in [5, 5.41) is 31.3. The largest absolute Gasteiger partial charge is 0.479 e. The van der Waals surface area contributed by atoms with Gasteiger partial charge in [-0.1, -0.05) is 24.3 Å². The minimum Gasteiger partial charge on any atom is -0.479 e. The third-order valence-electron chi connectivity index (χ3n) is 4.03. The van der Waals surface area contributed by atoms with Gasteiger partial charge >= 0.3 is 26.2 Å². The molecule has 0 spiro atoms. The number of para-hydroxylation sites is 2. The Morgan fingerprint density at radius 1 is 0.879 bits per heavy atom. The van der Waals surface area contributed by atoms with Gasteiger partial charge in [0, 0.05) is 12.1 Å². The average molecular weight is 504 g/mol. The van der Waals surface area contributed by atoms with Gasteiger partial charge in [0.05, 0.1) is 16.5 Å². The van der Waals surface area contributed by atoms with E-state index in [0.717, 1.165) is 24.3 Å². The second-order valence-corrected chi connectivity index (χ2v) is 9.37. The first-order chi connectivity index (χ1) is 15.4. The molecule has 16 heteroatoms. The number of nitro groups is 2. The van der Waals surface area contributed by atoms with E-state index >= 15 is 0 Å². The third kappa shape index (κ3) is 6.51. The van der Waals surface area contributed by atoms with Crippen molar-refractivity contribution >= 4 is 37.6 Å². The molecule has 2 aromatic carbocycles. The quantitative estimate of drug-likeness (QED) is 0.190. The molecule has 0 bridgehead atoms. The second kappa shape index (κ2) is 10.4.